The highest BCUT2D eigenvalue weighted by Crippen LogP contribution is 2.24. The zero-order valence-corrected chi connectivity index (χ0v) is 17.2. The highest BCUT2D eigenvalue weighted by Gasteiger charge is 1.99. The Balaban J connectivity index is 0.00000312. The lowest BCUT2D eigenvalue weighted by atomic mass is 10.1. The molecule has 2 aromatic rings. The van der Waals surface area contributed by atoms with E-state index >= 15 is 0 Å². The Labute approximate surface area is 166 Å². The molecule has 0 spiro atoms. The van der Waals surface area contributed by atoms with Crippen molar-refractivity contribution in [3.05, 3.63) is 40.9 Å². The Hall–Kier alpha value is -0.810. The van der Waals surface area contributed by atoms with Gasteiger partial charge in [-0.2, -0.15) is 0 Å². The third kappa shape index (κ3) is 8.91. The number of unbranched alkanes of at least 4 members (excludes halogenated alkanes) is 4. The molecule has 0 atom stereocenters. The van der Waals surface area contributed by atoms with Crippen LogP contribution in [0.5, 0.6) is 5.75 Å². The topological polar surface area (TPSA) is 47.3 Å². The minimum absolute atomic E-state index is 0. The Morgan fingerprint density at radius 3 is 2.32 bits per heavy atom. The molecule has 0 saturated heterocycles. The van der Waals surface area contributed by atoms with Crippen LogP contribution in [0.15, 0.2) is 40.9 Å². The smallest absolute Gasteiger partial charge is 0.119 e. The van der Waals surface area contributed by atoms with Crippen LogP contribution in [0.1, 0.15) is 38.5 Å². The summed E-state index contributed by atoms with van der Waals surface area (Å²) in [5.41, 5.74) is 5.47. The zero-order chi connectivity index (χ0) is 17.0. The maximum absolute atomic E-state index is 5.88. The molecule has 0 amide bonds. The first-order valence-electron chi connectivity index (χ1n) is 9.02. The van der Waals surface area contributed by atoms with Gasteiger partial charge in [0.05, 0.1) is 6.61 Å². The van der Waals surface area contributed by atoms with Crippen LogP contribution < -0.4 is 15.8 Å². The molecule has 0 bridgehead atoms. The predicted octanol–water partition coefficient (Wildman–Crippen LogP) is 5.29. The molecule has 0 aliphatic heterocycles. The number of hydrogen-bond donors (Lipinski definition) is 2. The number of halogens is 2. The molecule has 25 heavy (non-hydrogen) atoms. The number of ether oxygens (including phenoxy) is 1. The molecule has 3 N–H and O–H groups in total. The molecule has 140 valence electrons. The second-order valence-electron chi connectivity index (χ2n) is 6.16. The lowest BCUT2D eigenvalue weighted by Crippen LogP contribution is -2.17. The summed E-state index contributed by atoms with van der Waals surface area (Å²) < 4.78 is 6.99. The molecule has 2 rings (SSSR count). The summed E-state index contributed by atoms with van der Waals surface area (Å²) in [5, 5.41) is 5.92. The predicted molar refractivity (Wildman–Crippen MR) is 114 cm³/mol. The average Bonchev–Trinajstić information content (AvgIpc) is 2.59. The fourth-order valence-electron chi connectivity index (χ4n) is 2.70. The SMILES string of the molecule is Cl.NCCCCNCCCCCCOc1ccc2cc(Br)ccc2c1. The van der Waals surface area contributed by atoms with E-state index in [0.717, 1.165) is 49.3 Å². The van der Waals surface area contributed by atoms with Gasteiger partial charge in [0.15, 0.2) is 0 Å². The molecular formula is C20H30BrClN2O. The molecule has 0 heterocycles. The van der Waals surface area contributed by atoms with Crippen molar-refractivity contribution in [2.24, 2.45) is 5.73 Å². The Morgan fingerprint density at radius 1 is 0.840 bits per heavy atom. The van der Waals surface area contributed by atoms with Crippen molar-refractivity contribution in [3.8, 4) is 5.75 Å². The second kappa shape index (κ2) is 13.4. The monoisotopic (exact) mass is 428 g/mol. The summed E-state index contributed by atoms with van der Waals surface area (Å²) in [6, 6.07) is 12.6. The Morgan fingerprint density at radius 2 is 1.52 bits per heavy atom. The number of nitrogens with one attached hydrogen (secondary N) is 1. The maximum atomic E-state index is 5.88. The number of hydrogen-bond acceptors (Lipinski definition) is 3. The maximum Gasteiger partial charge on any atom is 0.119 e. The molecule has 0 unspecified atom stereocenters. The van der Waals surface area contributed by atoms with Gasteiger partial charge in [0, 0.05) is 4.47 Å². The first-order valence-corrected chi connectivity index (χ1v) is 9.82. The van der Waals surface area contributed by atoms with Crippen molar-refractivity contribution in [2.75, 3.05) is 26.2 Å². The van der Waals surface area contributed by atoms with Gasteiger partial charge in [0.25, 0.3) is 0 Å². The summed E-state index contributed by atoms with van der Waals surface area (Å²) in [6.45, 7) is 3.81. The zero-order valence-electron chi connectivity index (χ0n) is 14.8. The van der Waals surface area contributed by atoms with E-state index in [2.05, 4.69) is 57.6 Å². The fraction of sp³-hybridized carbons (Fsp3) is 0.500. The van der Waals surface area contributed by atoms with Crippen LogP contribution in [-0.2, 0) is 0 Å². The summed E-state index contributed by atoms with van der Waals surface area (Å²) in [6.07, 6.45) is 7.16. The number of rotatable bonds is 12. The number of benzene rings is 2. The highest BCUT2D eigenvalue weighted by atomic mass is 79.9. The molecule has 0 aliphatic carbocycles. The molecule has 2 aromatic carbocycles. The van der Waals surface area contributed by atoms with Gasteiger partial charge in [-0.3, -0.25) is 0 Å². The first-order chi connectivity index (χ1) is 11.8. The summed E-state index contributed by atoms with van der Waals surface area (Å²) in [5.74, 6) is 0.964. The van der Waals surface area contributed by atoms with Crippen LogP contribution in [0.2, 0.25) is 0 Å². The molecule has 0 aromatic heterocycles. The molecule has 0 aliphatic rings. The van der Waals surface area contributed by atoms with Gasteiger partial charge in [0.2, 0.25) is 0 Å². The van der Waals surface area contributed by atoms with Crippen molar-refractivity contribution in [2.45, 2.75) is 38.5 Å². The van der Waals surface area contributed by atoms with Crippen LogP contribution in [0, 0.1) is 0 Å². The standard InChI is InChI=1S/C20H29BrN2O.ClH/c21-19-9-7-18-16-20(10-8-17(18)15-19)24-14-6-2-1-4-12-23-13-5-3-11-22;/h7-10,15-16,23H,1-6,11-14,22H2;1H. The first kappa shape index (κ1) is 22.2. The van der Waals surface area contributed by atoms with E-state index in [-0.39, 0.29) is 12.4 Å². The minimum Gasteiger partial charge on any atom is -0.494 e. The van der Waals surface area contributed by atoms with Crippen LogP contribution in [-0.4, -0.2) is 26.2 Å². The van der Waals surface area contributed by atoms with E-state index in [1.54, 1.807) is 0 Å². The van der Waals surface area contributed by atoms with Gasteiger partial charge >= 0.3 is 0 Å². The van der Waals surface area contributed by atoms with Crippen molar-refractivity contribution >= 4 is 39.1 Å². The molecule has 3 nitrogen and oxygen atoms in total. The summed E-state index contributed by atoms with van der Waals surface area (Å²) in [7, 11) is 0. The van der Waals surface area contributed by atoms with Crippen LogP contribution in [0.4, 0.5) is 0 Å². The highest BCUT2D eigenvalue weighted by molar-refractivity contribution is 9.10. The van der Waals surface area contributed by atoms with Crippen LogP contribution in [0.25, 0.3) is 10.8 Å². The molecule has 0 saturated carbocycles. The number of nitrogens with two attached hydrogens (primary N) is 1. The lowest BCUT2D eigenvalue weighted by Gasteiger charge is -2.08. The molecule has 0 fully saturated rings. The fourth-order valence-corrected chi connectivity index (χ4v) is 3.08. The third-order valence-corrected chi connectivity index (χ3v) is 4.59. The van der Waals surface area contributed by atoms with E-state index in [9.17, 15) is 0 Å². The quantitative estimate of drug-likeness (QED) is 0.450. The van der Waals surface area contributed by atoms with E-state index in [1.807, 2.05) is 0 Å². The molecular weight excluding hydrogens is 400 g/mol. The van der Waals surface area contributed by atoms with Crippen molar-refractivity contribution in [3.63, 3.8) is 0 Å². The van der Waals surface area contributed by atoms with Gasteiger partial charge < -0.3 is 15.8 Å². The third-order valence-electron chi connectivity index (χ3n) is 4.10. The second-order valence-corrected chi connectivity index (χ2v) is 7.08. The summed E-state index contributed by atoms with van der Waals surface area (Å²) in [4.78, 5) is 0. The van der Waals surface area contributed by atoms with Crippen molar-refractivity contribution in [1.29, 1.82) is 0 Å². The largest absolute Gasteiger partial charge is 0.494 e. The van der Waals surface area contributed by atoms with Crippen LogP contribution in [0.3, 0.4) is 0 Å². The number of fused-ring (bicyclic) bond motifs is 1. The Bertz CT molecular complexity index is 609. The van der Waals surface area contributed by atoms with E-state index in [1.165, 1.54) is 36.5 Å². The summed E-state index contributed by atoms with van der Waals surface area (Å²) >= 11 is 3.50. The van der Waals surface area contributed by atoms with Crippen molar-refractivity contribution in [1.82, 2.24) is 5.32 Å². The Kier molecular flexibility index (Phi) is 11.9. The van der Waals surface area contributed by atoms with E-state index in [4.69, 9.17) is 10.5 Å². The average molecular weight is 430 g/mol. The molecule has 5 heteroatoms. The van der Waals surface area contributed by atoms with Gasteiger partial charge in [-0.25, -0.2) is 0 Å². The van der Waals surface area contributed by atoms with Crippen molar-refractivity contribution < 1.29 is 4.74 Å². The van der Waals surface area contributed by atoms with Gasteiger partial charge in [-0.15, -0.1) is 12.4 Å². The van der Waals surface area contributed by atoms with E-state index in [0.29, 0.717) is 0 Å². The van der Waals surface area contributed by atoms with Gasteiger partial charge in [-0.1, -0.05) is 40.9 Å². The lowest BCUT2D eigenvalue weighted by molar-refractivity contribution is 0.305. The van der Waals surface area contributed by atoms with Crippen LogP contribution >= 0.6 is 28.3 Å². The van der Waals surface area contributed by atoms with Gasteiger partial charge in [-0.05, 0) is 80.4 Å². The van der Waals surface area contributed by atoms with Gasteiger partial charge in [0.1, 0.15) is 5.75 Å². The molecule has 0 radical (unpaired) electrons. The minimum atomic E-state index is 0. The normalized spacial score (nSPS) is 10.6. The van der Waals surface area contributed by atoms with E-state index < -0.39 is 0 Å².